The third-order valence-corrected chi connectivity index (χ3v) is 5.39. The van der Waals surface area contributed by atoms with Gasteiger partial charge in [0.2, 0.25) is 0 Å². The van der Waals surface area contributed by atoms with Gasteiger partial charge in [-0.2, -0.15) is 0 Å². The van der Waals surface area contributed by atoms with Crippen molar-refractivity contribution in [2.75, 3.05) is 18.0 Å². The lowest BCUT2D eigenvalue weighted by Crippen LogP contribution is -2.26. The van der Waals surface area contributed by atoms with Crippen LogP contribution in [0.4, 0.5) is 14.6 Å². The molecule has 0 aliphatic carbocycles. The van der Waals surface area contributed by atoms with Gasteiger partial charge in [-0.05, 0) is 18.6 Å². The standard InChI is InChI=1S/C20H22ClF2N5/c1-2-3-6-16-25-18-15(19(26-16)28-11-8-20(22,23)13-28)7-10-27(18)12-14-5-4-9-24-17(14)21/h4-5,7,9-10H,2-3,6,8,11-13H2,1H3. The molecule has 0 atom stereocenters. The molecule has 0 unspecified atom stereocenters. The highest BCUT2D eigenvalue weighted by Gasteiger charge is 2.39. The first-order chi connectivity index (χ1) is 13.5. The van der Waals surface area contributed by atoms with Gasteiger partial charge < -0.3 is 9.47 Å². The average molecular weight is 406 g/mol. The Balaban J connectivity index is 1.76. The molecule has 0 saturated carbocycles. The van der Waals surface area contributed by atoms with E-state index in [1.165, 1.54) is 0 Å². The highest BCUT2D eigenvalue weighted by atomic mass is 35.5. The Hall–Kier alpha value is -2.28. The fraction of sp³-hybridized carbons (Fsp3) is 0.450. The molecule has 0 spiro atoms. The Labute approximate surface area is 167 Å². The minimum absolute atomic E-state index is 0.144. The fourth-order valence-electron chi connectivity index (χ4n) is 3.55. The number of hydrogen-bond donors (Lipinski definition) is 0. The van der Waals surface area contributed by atoms with Crippen LogP contribution in [0.5, 0.6) is 0 Å². The molecule has 4 heterocycles. The molecule has 4 rings (SSSR count). The predicted octanol–water partition coefficient (Wildman–Crippen LogP) is 4.72. The lowest BCUT2D eigenvalue weighted by Gasteiger charge is -2.19. The van der Waals surface area contributed by atoms with Crippen LogP contribution >= 0.6 is 11.6 Å². The lowest BCUT2D eigenvalue weighted by atomic mass is 10.2. The van der Waals surface area contributed by atoms with Crippen LogP contribution < -0.4 is 4.90 Å². The summed E-state index contributed by atoms with van der Waals surface area (Å²) in [5.41, 5.74) is 1.62. The number of alkyl halides is 2. The zero-order valence-corrected chi connectivity index (χ0v) is 16.5. The number of halogens is 3. The van der Waals surface area contributed by atoms with E-state index in [-0.39, 0.29) is 13.0 Å². The number of aryl methyl sites for hydroxylation is 1. The second kappa shape index (κ2) is 7.62. The summed E-state index contributed by atoms with van der Waals surface area (Å²) in [6.07, 6.45) is 6.11. The Morgan fingerprint density at radius 3 is 2.82 bits per heavy atom. The number of rotatable bonds is 6. The van der Waals surface area contributed by atoms with E-state index in [1.54, 1.807) is 11.1 Å². The van der Waals surface area contributed by atoms with Gasteiger partial charge in [-0.1, -0.05) is 31.0 Å². The maximum atomic E-state index is 13.8. The second-order valence-electron chi connectivity index (χ2n) is 7.23. The Bertz CT molecular complexity index is 988. The smallest absolute Gasteiger partial charge is 0.266 e. The first-order valence-electron chi connectivity index (χ1n) is 9.55. The maximum absolute atomic E-state index is 13.8. The second-order valence-corrected chi connectivity index (χ2v) is 7.59. The quantitative estimate of drug-likeness (QED) is 0.557. The number of pyridine rings is 1. The van der Waals surface area contributed by atoms with Gasteiger partial charge in [0.15, 0.2) is 0 Å². The molecule has 0 amide bonds. The molecule has 1 aliphatic heterocycles. The minimum Gasteiger partial charge on any atom is -0.350 e. The van der Waals surface area contributed by atoms with Gasteiger partial charge in [-0.25, -0.2) is 23.7 Å². The highest BCUT2D eigenvalue weighted by molar-refractivity contribution is 6.30. The summed E-state index contributed by atoms with van der Waals surface area (Å²) in [5, 5.41) is 1.24. The number of aromatic nitrogens is 4. The first kappa shape index (κ1) is 19.1. The van der Waals surface area contributed by atoms with Crippen LogP contribution in [-0.2, 0) is 13.0 Å². The predicted molar refractivity (Wildman–Crippen MR) is 106 cm³/mol. The SMILES string of the molecule is CCCCc1nc(N2CCC(F)(F)C2)c2ccn(Cc3cccnc3Cl)c2n1. The largest absolute Gasteiger partial charge is 0.350 e. The summed E-state index contributed by atoms with van der Waals surface area (Å²) in [6, 6.07) is 5.66. The monoisotopic (exact) mass is 405 g/mol. The fourth-order valence-corrected chi connectivity index (χ4v) is 3.72. The Kier molecular flexibility index (Phi) is 5.19. The van der Waals surface area contributed by atoms with Crippen LogP contribution in [0.15, 0.2) is 30.6 Å². The molecule has 5 nitrogen and oxygen atoms in total. The summed E-state index contributed by atoms with van der Waals surface area (Å²) >= 11 is 6.21. The van der Waals surface area contributed by atoms with Crippen molar-refractivity contribution in [3.05, 3.63) is 47.1 Å². The summed E-state index contributed by atoms with van der Waals surface area (Å²) in [4.78, 5) is 15.2. The molecule has 1 saturated heterocycles. The van der Waals surface area contributed by atoms with E-state index in [0.29, 0.717) is 29.9 Å². The van der Waals surface area contributed by atoms with E-state index in [0.717, 1.165) is 35.9 Å². The molecule has 28 heavy (non-hydrogen) atoms. The number of unbranched alkanes of at least 4 members (excludes halogenated alkanes) is 1. The number of anilines is 1. The molecule has 0 N–H and O–H groups in total. The van der Waals surface area contributed by atoms with E-state index in [9.17, 15) is 8.78 Å². The van der Waals surface area contributed by atoms with Crippen molar-refractivity contribution in [3.63, 3.8) is 0 Å². The molecule has 148 valence electrons. The molecular formula is C20H22ClF2N5. The van der Waals surface area contributed by atoms with Crippen molar-refractivity contribution in [2.45, 2.75) is 45.1 Å². The molecule has 0 radical (unpaired) electrons. The van der Waals surface area contributed by atoms with Crippen molar-refractivity contribution in [1.82, 2.24) is 19.5 Å². The van der Waals surface area contributed by atoms with Gasteiger partial charge in [0, 0.05) is 37.3 Å². The van der Waals surface area contributed by atoms with Crippen molar-refractivity contribution in [2.24, 2.45) is 0 Å². The third-order valence-electron chi connectivity index (χ3n) is 5.05. The van der Waals surface area contributed by atoms with Crippen LogP contribution in [-0.4, -0.2) is 38.5 Å². The van der Waals surface area contributed by atoms with Crippen LogP contribution in [0.25, 0.3) is 11.0 Å². The van der Waals surface area contributed by atoms with Gasteiger partial charge >= 0.3 is 0 Å². The van der Waals surface area contributed by atoms with Crippen LogP contribution in [0.1, 0.15) is 37.6 Å². The summed E-state index contributed by atoms with van der Waals surface area (Å²) in [7, 11) is 0. The number of nitrogens with zero attached hydrogens (tertiary/aromatic N) is 5. The first-order valence-corrected chi connectivity index (χ1v) is 9.92. The third kappa shape index (κ3) is 3.81. The van der Waals surface area contributed by atoms with E-state index in [4.69, 9.17) is 16.6 Å². The maximum Gasteiger partial charge on any atom is 0.266 e. The summed E-state index contributed by atoms with van der Waals surface area (Å²) in [6.45, 7) is 2.61. The van der Waals surface area contributed by atoms with Gasteiger partial charge in [0.05, 0.1) is 18.5 Å². The Morgan fingerprint density at radius 2 is 2.11 bits per heavy atom. The van der Waals surface area contributed by atoms with E-state index < -0.39 is 5.92 Å². The van der Waals surface area contributed by atoms with Crippen molar-refractivity contribution in [3.8, 4) is 0 Å². The number of fused-ring (bicyclic) bond motifs is 1. The Morgan fingerprint density at radius 1 is 1.25 bits per heavy atom. The molecule has 1 aliphatic rings. The van der Waals surface area contributed by atoms with Crippen LogP contribution in [0, 0.1) is 0 Å². The highest BCUT2D eigenvalue weighted by Crippen LogP contribution is 2.34. The molecule has 0 bridgehead atoms. The topological polar surface area (TPSA) is 46.8 Å². The molecule has 3 aromatic heterocycles. The van der Waals surface area contributed by atoms with E-state index in [2.05, 4.69) is 16.9 Å². The van der Waals surface area contributed by atoms with E-state index in [1.807, 2.05) is 29.0 Å². The molecule has 8 heteroatoms. The normalized spacial score (nSPS) is 16.2. The van der Waals surface area contributed by atoms with Crippen LogP contribution in [0.2, 0.25) is 5.15 Å². The summed E-state index contributed by atoms with van der Waals surface area (Å²) in [5.74, 6) is -1.38. The zero-order valence-electron chi connectivity index (χ0n) is 15.7. The summed E-state index contributed by atoms with van der Waals surface area (Å²) < 4.78 is 29.6. The average Bonchev–Trinajstić information content (AvgIpc) is 3.24. The number of hydrogen-bond acceptors (Lipinski definition) is 4. The van der Waals surface area contributed by atoms with Crippen molar-refractivity contribution in [1.29, 1.82) is 0 Å². The van der Waals surface area contributed by atoms with E-state index >= 15 is 0 Å². The lowest BCUT2D eigenvalue weighted by molar-refractivity contribution is 0.0257. The van der Waals surface area contributed by atoms with Crippen molar-refractivity contribution >= 4 is 28.5 Å². The molecule has 0 aromatic carbocycles. The minimum atomic E-state index is -2.67. The van der Waals surface area contributed by atoms with Crippen molar-refractivity contribution < 1.29 is 8.78 Å². The van der Waals surface area contributed by atoms with Gasteiger partial charge in [-0.15, -0.1) is 0 Å². The van der Waals surface area contributed by atoms with Gasteiger partial charge in [0.25, 0.3) is 5.92 Å². The van der Waals surface area contributed by atoms with Crippen LogP contribution in [0.3, 0.4) is 0 Å². The zero-order chi connectivity index (χ0) is 19.7. The molecular weight excluding hydrogens is 384 g/mol. The van der Waals surface area contributed by atoms with Gasteiger partial charge in [-0.3, -0.25) is 0 Å². The molecule has 1 fully saturated rings. The molecule has 3 aromatic rings. The van der Waals surface area contributed by atoms with Gasteiger partial charge in [0.1, 0.15) is 22.4 Å².